The van der Waals surface area contributed by atoms with Crippen molar-refractivity contribution in [2.45, 2.75) is 13.8 Å². The fourth-order valence-electron chi connectivity index (χ4n) is 2.11. The lowest BCUT2D eigenvalue weighted by atomic mass is 10.1. The summed E-state index contributed by atoms with van der Waals surface area (Å²) in [5, 5.41) is 10.2. The van der Waals surface area contributed by atoms with Crippen LogP contribution in [0.15, 0.2) is 12.1 Å². The van der Waals surface area contributed by atoms with E-state index in [1.165, 1.54) is 0 Å². The Morgan fingerprint density at radius 1 is 1.31 bits per heavy atom. The maximum Gasteiger partial charge on any atom is 0.143 e. The molecular formula is C13H14N2O. The van der Waals surface area contributed by atoms with Crippen molar-refractivity contribution in [3.63, 3.8) is 0 Å². The molecular weight excluding hydrogens is 200 g/mol. The summed E-state index contributed by atoms with van der Waals surface area (Å²) in [6.45, 7) is 3.96. The molecule has 0 saturated heterocycles. The average molecular weight is 214 g/mol. The number of ether oxygens (including phenoxy) is 1. The van der Waals surface area contributed by atoms with Crippen LogP contribution in [0.3, 0.4) is 0 Å². The van der Waals surface area contributed by atoms with Crippen LogP contribution in [0.1, 0.15) is 16.8 Å². The van der Waals surface area contributed by atoms with Crippen molar-refractivity contribution in [2.24, 2.45) is 7.05 Å². The molecule has 0 spiro atoms. The Labute approximate surface area is 94.9 Å². The molecule has 0 atom stereocenters. The topological polar surface area (TPSA) is 37.9 Å². The summed E-state index contributed by atoms with van der Waals surface area (Å²) in [6, 6.07) is 6.28. The molecule has 16 heavy (non-hydrogen) atoms. The van der Waals surface area contributed by atoms with Crippen LogP contribution >= 0.6 is 0 Å². The summed E-state index contributed by atoms with van der Waals surface area (Å²) in [5.74, 6) is 0.821. The van der Waals surface area contributed by atoms with Crippen LogP contribution in [0.5, 0.6) is 5.75 Å². The third kappa shape index (κ3) is 1.27. The van der Waals surface area contributed by atoms with Gasteiger partial charge in [0.25, 0.3) is 0 Å². The molecule has 0 amide bonds. The third-order valence-electron chi connectivity index (χ3n) is 3.02. The van der Waals surface area contributed by atoms with E-state index in [-0.39, 0.29) is 0 Å². The first-order valence-corrected chi connectivity index (χ1v) is 5.14. The average Bonchev–Trinajstić information content (AvgIpc) is 2.50. The largest absolute Gasteiger partial charge is 0.495 e. The Balaban J connectivity index is 3.01. The van der Waals surface area contributed by atoms with E-state index in [4.69, 9.17) is 4.74 Å². The SMILES string of the molecule is COc1cc(C)cc2c(C#N)c(C)n(C)c12. The molecule has 3 heteroatoms. The number of aromatic nitrogens is 1. The molecule has 1 heterocycles. The van der Waals surface area contributed by atoms with Crippen molar-refractivity contribution < 1.29 is 4.74 Å². The highest BCUT2D eigenvalue weighted by Gasteiger charge is 2.15. The van der Waals surface area contributed by atoms with Gasteiger partial charge in [0.2, 0.25) is 0 Å². The third-order valence-corrected chi connectivity index (χ3v) is 3.02. The Morgan fingerprint density at radius 2 is 2.00 bits per heavy atom. The summed E-state index contributed by atoms with van der Waals surface area (Å²) in [4.78, 5) is 0. The number of hydrogen-bond acceptors (Lipinski definition) is 2. The molecule has 0 aliphatic rings. The highest BCUT2D eigenvalue weighted by Crippen LogP contribution is 2.32. The molecule has 0 bridgehead atoms. The zero-order valence-corrected chi connectivity index (χ0v) is 9.96. The first-order chi connectivity index (χ1) is 7.60. The molecule has 82 valence electrons. The first-order valence-electron chi connectivity index (χ1n) is 5.14. The van der Waals surface area contributed by atoms with E-state index in [2.05, 4.69) is 6.07 Å². The van der Waals surface area contributed by atoms with Crippen LogP contribution in [0, 0.1) is 25.2 Å². The lowest BCUT2D eigenvalue weighted by Crippen LogP contribution is -1.93. The van der Waals surface area contributed by atoms with Crippen LogP contribution in [0.2, 0.25) is 0 Å². The molecule has 0 aliphatic carbocycles. The maximum atomic E-state index is 9.18. The molecule has 0 N–H and O–H groups in total. The summed E-state index contributed by atoms with van der Waals surface area (Å²) in [7, 11) is 3.61. The van der Waals surface area contributed by atoms with E-state index in [0.29, 0.717) is 0 Å². The van der Waals surface area contributed by atoms with Gasteiger partial charge in [-0.1, -0.05) is 0 Å². The minimum Gasteiger partial charge on any atom is -0.495 e. The minimum atomic E-state index is 0.736. The molecule has 0 fully saturated rings. The van der Waals surface area contributed by atoms with Gasteiger partial charge < -0.3 is 9.30 Å². The molecule has 2 rings (SSSR count). The smallest absolute Gasteiger partial charge is 0.143 e. The van der Waals surface area contributed by atoms with Crippen molar-refractivity contribution in [3.8, 4) is 11.8 Å². The Morgan fingerprint density at radius 3 is 2.56 bits per heavy atom. The van der Waals surface area contributed by atoms with E-state index < -0.39 is 0 Å². The van der Waals surface area contributed by atoms with Crippen molar-refractivity contribution in [2.75, 3.05) is 7.11 Å². The number of rotatable bonds is 1. The van der Waals surface area contributed by atoms with E-state index >= 15 is 0 Å². The highest BCUT2D eigenvalue weighted by atomic mass is 16.5. The zero-order valence-electron chi connectivity index (χ0n) is 9.96. The van der Waals surface area contributed by atoms with Crippen molar-refractivity contribution in [1.82, 2.24) is 4.57 Å². The lowest BCUT2D eigenvalue weighted by molar-refractivity contribution is 0.417. The van der Waals surface area contributed by atoms with Crippen molar-refractivity contribution >= 4 is 10.9 Å². The van der Waals surface area contributed by atoms with Crippen LogP contribution in [-0.2, 0) is 7.05 Å². The van der Waals surface area contributed by atoms with Crippen LogP contribution in [0.25, 0.3) is 10.9 Å². The van der Waals surface area contributed by atoms with E-state index in [9.17, 15) is 5.26 Å². The number of benzene rings is 1. The van der Waals surface area contributed by atoms with Crippen LogP contribution < -0.4 is 4.74 Å². The molecule has 0 aliphatic heterocycles. The van der Waals surface area contributed by atoms with E-state index in [1.807, 2.05) is 37.6 Å². The molecule has 1 aromatic heterocycles. The zero-order chi connectivity index (χ0) is 11.9. The summed E-state index contributed by atoms with van der Waals surface area (Å²) in [5.41, 5.74) is 3.80. The molecule has 2 aromatic rings. The molecule has 3 nitrogen and oxygen atoms in total. The summed E-state index contributed by atoms with van der Waals surface area (Å²) in [6.07, 6.45) is 0. The van der Waals surface area contributed by atoms with E-state index in [1.54, 1.807) is 7.11 Å². The Hall–Kier alpha value is -1.95. The number of nitriles is 1. The molecule has 0 radical (unpaired) electrons. The van der Waals surface area contributed by atoms with E-state index in [0.717, 1.165) is 33.5 Å². The van der Waals surface area contributed by atoms with Gasteiger partial charge in [0.1, 0.15) is 11.8 Å². The van der Waals surface area contributed by atoms with Gasteiger partial charge in [-0.15, -0.1) is 0 Å². The minimum absolute atomic E-state index is 0.736. The highest BCUT2D eigenvalue weighted by molar-refractivity contribution is 5.93. The summed E-state index contributed by atoms with van der Waals surface area (Å²) < 4.78 is 7.38. The van der Waals surface area contributed by atoms with Gasteiger partial charge in [-0.3, -0.25) is 0 Å². The molecule has 0 unspecified atom stereocenters. The molecule has 0 saturated carbocycles. The lowest BCUT2D eigenvalue weighted by Gasteiger charge is -2.06. The Bertz CT molecular complexity index is 603. The van der Waals surface area contributed by atoms with Gasteiger partial charge >= 0.3 is 0 Å². The van der Waals surface area contributed by atoms with Crippen molar-refractivity contribution in [3.05, 3.63) is 29.0 Å². The van der Waals surface area contributed by atoms with Crippen molar-refractivity contribution in [1.29, 1.82) is 5.26 Å². The van der Waals surface area contributed by atoms with Gasteiger partial charge in [0.05, 0.1) is 18.2 Å². The monoisotopic (exact) mass is 214 g/mol. The fraction of sp³-hybridized carbons (Fsp3) is 0.308. The number of fused-ring (bicyclic) bond motifs is 1. The number of nitrogens with zero attached hydrogens (tertiary/aromatic N) is 2. The number of hydrogen-bond donors (Lipinski definition) is 0. The molecule has 1 aromatic carbocycles. The quantitative estimate of drug-likeness (QED) is 0.732. The second-order valence-electron chi connectivity index (χ2n) is 3.99. The number of methoxy groups -OCH3 is 1. The van der Waals surface area contributed by atoms with Gasteiger partial charge in [-0.05, 0) is 31.5 Å². The summed E-state index contributed by atoms with van der Waals surface area (Å²) >= 11 is 0. The van der Waals surface area contributed by atoms with Gasteiger partial charge in [0.15, 0.2) is 0 Å². The van der Waals surface area contributed by atoms with Gasteiger partial charge in [0, 0.05) is 18.1 Å². The normalized spacial score (nSPS) is 10.4. The van der Waals surface area contributed by atoms with Crippen LogP contribution in [0.4, 0.5) is 0 Å². The standard InChI is InChI=1S/C13H14N2O/c1-8-5-10-11(7-14)9(2)15(3)13(10)12(6-8)16-4/h5-6H,1-4H3. The second kappa shape index (κ2) is 3.57. The van der Waals surface area contributed by atoms with Crippen LogP contribution in [-0.4, -0.2) is 11.7 Å². The maximum absolute atomic E-state index is 9.18. The second-order valence-corrected chi connectivity index (χ2v) is 3.99. The first kappa shape index (κ1) is 10.6. The number of aryl methyl sites for hydroxylation is 2. The predicted molar refractivity (Wildman–Crippen MR) is 63.7 cm³/mol. The van der Waals surface area contributed by atoms with Gasteiger partial charge in [-0.25, -0.2) is 0 Å². The Kier molecular flexibility index (Phi) is 2.35. The predicted octanol–water partition coefficient (Wildman–Crippen LogP) is 2.68. The fourth-order valence-corrected chi connectivity index (χ4v) is 2.11. The van der Waals surface area contributed by atoms with Gasteiger partial charge in [-0.2, -0.15) is 5.26 Å².